The van der Waals surface area contributed by atoms with Crippen molar-refractivity contribution in [2.75, 3.05) is 26.8 Å². The summed E-state index contributed by atoms with van der Waals surface area (Å²) in [4.78, 5) is 22.6. The molecule has 15 heavy (non-hydrogen) atoms. The topological polar surface area (TPSA) is 76.7 Å². The van der Waals surface area contributed by atoms with E-state index in [1.165, 1.54) is 7.11 Å². The van der Waals surface area contributed by atoms with Gasteiger partial charge >= 0.3 is 5.97 Å². The van der Waals surface area contributed by atoms with Crippen LogP contribution in [0.3, 0.4) is 0 Å². The molecule has 1 aliphatic rings. The zero-order chi connectivity index (χ0) is 11.3. The molecule has 1 heterocycles. The van der Waals surface area contributed by atoms with Crippen molar-refractivity contribution >= 4 is 11.9 Å². The fourth-order valence-corrected chi connectivity index (χ4v) is 1.28. The Morgan fingerprint density at radius 3 is 2.87 bits per heavy atom. The molecule has 0 radical (unpaired) electrons. The number of esters is 1. The Balaban J connectivity index is 2.36. The molecule has 1 saturated heterocycles. The number of rotatable bonds is 3. The van der Waals surface area contributed by atoms with E-state index >= 15 is 0 Å². The molecular formula is C9H16N2O4. The van der Waals surface area contributed by atoms with Crippen molar-refractivity contribution in [2.24, 2.45) is 0 Å². The Kier molecular flexibility index (Phi) is 4.51. The summed E-state index contributed by atoms with van der Waals surface area (Å²) in [5, 5.41) is 5.55. The van der Waals surface area contributed by atoms with Gasteiger partial charge in [0.15, 0.2) is 0 Å². The number of amides is 1. The summed E-state index contributed by atoms with van der Waals surface area (Å²) in [5.74, 6) is -0.757. The van der Waals surface area contributed by atoms with Crippen molar-refractivity contribution in [1.29, 1.82) is 0 Å². The molecular weight excluding hydrogens is 200 g/mol. The number of nitrogens with one attached hydrogen (secondary N) is 2. The van der Waals surface area contributed by atoms with E-state index in [9.17, 15) is 9.59 Å². The first kappa shape index (κ1) is 11.9. The monoisotopic (exact) mass is 216 g/mol. The first-order chi connectivity index (χ1) is 7.15. The molecule has 0 bridgehead atoms. The zero-order valence-corrected chi connectivity index (χ0v) is 8.91. The lowest BCUT2D eigenvalue weighted by atomic mass is 10.2. The van der Waals surface area contributed by atoms with Crippen molar-refractivity contribution in [2.45, 2.75) is 19.1 Å². The Labute approximate surface area is 88.3 Å². The van der Waals surface area contributed by atoms with Gasteiger partial charge in [0.05, 0.1) is 13.7 Å². The molecule has 6 nitrogen and oxygen atoms in total. The standard InChI is InChI=1S/C9H16N2O4/c1-6(9(13)14-2)11-8(12)7-5-10-3-4-15-7/h6-7,10H,3-5H2,1-2H3,(H,11,12)/t6-,7-/m1/s1. The van der Waals surface area contributed by atoms with Crippen LogP contribution in [0.15, 0.2) is 0 Å². The second kappa shape index (κ2) is 5.67. The van der Waals surface area contributed by atoms with Crippen LogP contribution in [0.1, 0.15) is 6.92 Å². The molecule has 0 aliphatic carbocycles. The molecule has 0 saturated carbocycles. The molecule has 1 aliphatic heterocycles. The van der Waals surface area contributed by atoms with E-state index in [-0.39, 0.29) is 5.91 Å². The third-order valence-electron chi connectivity index (χ3n) is 2.13. The van der Waals surface area contributed by atoms with Crippen molar-refractivity contribution in [3.63, 3.8) is 0 Å². The average molecular weight is 216 g/mol. The minimum absolute atomic E-state index is 0.292. The number of hydrogen-bond acceptors (Lipinski definition) is 5. The Morgan fingerprint density at radius 2 is 2.33 bits per heavy atom. The molecule has 0 aromatic carbocycles. The number of methoxy groups -OCH3 is 1. The van der Waals surface area contributed by atoms with E-state index in [0.717, 1.165) is 6.54 Å². The molecule has 6 heteroatoms. The number of morpholine rings is 1. The van der Waals surface area contributed by atoms with Gasteiger partial charge in [0.25, 0.3) is 5.91 Å². The molecule has 0 spiro atoms. The lowest BCUT2D eigenvalue weighted by Gasteiger charge is -2.23. The predicted molar refractivity (Wildman–Crippen MR) is 52.2 cm³/mol. The van der Waals surface area contributed by atoms with Gasteiger partial charge in [0.2, 0.25) is 0 Å². The van der Waals surface area contributed by atoms with E-state index in [2.05, 4.69) is 15.4 Å². The van der Waals surface area contributed by atoms with Gasteiger partial charge in [-0.1, -0.05) is 0 Å². The first-order valence-electron chi connectivity index (χ1n) is 4.85. The van der Waals surface area contributed by atoms with Crippen LogP contribution in [0, 0.1) is 0 Å². The van der Waals surface area contributed by atoms with Gasteiger partial charge in [-0.15, -0.1) is 0 Å². The van der Waals surface area contributed by atoms with E-state index in [4.69, 9.17) is 4.74 Å². The number of hydrogen-bond donors (Lipinski definition) is 2. The third-order valence-corrected chi connectivity index (χ3v) is 2.13. The summed E-state index contributed by atoms with van der Waals surface area (Å²) in [6.07, 6.45) is -0.522. The fourth-order valence-electron chi connectivity index (χ4n) is 1.28. The van der Waals surface area contributed by atoms with Gasteiger partial charge in [-0.05, 0) is 6.92 Å². The van der Waals surface area contributed by atoms with Gasteiger partial charge in [-0.3, -0.25) is 4.79 Å². The summed E-state index contributed by atoms with van der Waals surface area (Å²) in [6.45, 7) is 3.29. The Bertz CT molecular complexity index is 238. The Morgan fingerprint density at radius 1 is 1.60 bits per heavy atom. The fraction of sp³-hybridized carbons (Fsp3) is 0.778. The van der Waals surface area contributed by atoms with Crippen LogP contribution in [-0.2, 0) is 19.1 Å². The lowest BCUT2D eigenvalue weighted by molar-refractivity contribution is -0.146. The smallest absolute Gasteiger partial charge is 0.328 e. The summed E-state index contributed by atoms with van der Waals surface area (Å²) in [7, 11) is 1.28. The van der Waals surface area contributed by atoms with Crippen LogP contribution >= 0.6 is 0 Å². The third kappa shape index (κ3) is 3.49. The second-order valence-corrected chi connectivity index (χ2v) is 3.32. The number of carbonyl (C=O) groups excluding carboxylic acids is 2. The summed E-state index contributed by atoms with van der Waals surface area (Å²) < 4.78 is 9.72. The van der Waals surface area contributed by atoms with Crippen LogP contribution in [0.2, 0.25) is 0 Å². The van der Waals surface area contributed by atoms with E-state index < -0.39 is 18.1 Å². The van der Waals surface area contributed by atoms with Gasteiger partial charge in [0.1, 0.15) is 12.1 Å². The van der Waals surface area contributed by atoms with E-state index in [0.29, 0.717) is 13.2 Å². The molecule has 1 rings (SSSR count). The lowest BCUT2D eigenvalue weighted by Crippen LogP contribution is -2.51. The van der Waals surface area contributed by atoms with Crippen LogP contribution in [0.4, 0.5) is 0 Å². The van der Waals surface area contributed by atoms with Crippen molar-refractivity contribution < 1.29 is 19.1 Å². The molecule has 1 amide bonds. The maximum absolute atomic E-state index is 11.5. The average Bonchev–Trinajstić information content (AvgIpc) is 2.29. The highest BCUT2D eigenvalue weighted by atomic mass is 16.5. The highest BCUT2D eigenvalue weighted by Crippen LogP contribution is 1.97. The largest absolute Gasteiger partial charge is 0.467 e. The molecule has 0 unspecified atom stereocenters. The highest BCUT2D eigenvalue weighted by molar-refractivity contribution is 5.86. The van der Waals surface area contributed by atoms with Gasteiger partial charge in [0, 0.05) is 13.1 Å². The SMILES string of the molecule is COC(=O)[C@@H](C)NC(=O)[C@H]1CNCCO1. The number of ether oxygens (including phenoxy) is 2. The molecule has 1 fully saturated rings. The summed E-state index contributed by atoms with van der Waals surface area (Å²) in [6, 6.07) is -0.645. The van der Waals surface area contributed by atoms with Gasteiger partial charge < -0.3 is 20.1 Å². The Hall–Kier alpha value is -1.14. The normalized spacial score (nSPS) is 22.9. The van der Waals surface area contributed by atoms with Crippen LogP contribution in [0.25, 0.3) is 0 Å². The zero-order valence-electron chi connectivity index (χ0n) is 8.91. The van der Waals surface area contributed by atoms with Crippen LogP contribution in [-0.4, -0.2) is 50.8 Å². The van der Waals surface area contributed by atoms with Crippen molar-refractivity contribution in [3.8, 4) is 0 Å². The van der Waals surface area contributed by atoms with Crippen molar-refractivity contribution in [3.05, 3.63) is 0 Å². The second-order valence-electron chi connectivity index (χ2n) is 3.32. The van der Waals surface area contributed by atoms with E-state index in [1.54, 1.807) is 6.92 Å². The highest BCUT2D eigenvalue weighted by Gasteiger charge is 2.25. The predicted octanol–water partition coefficient (Wildman–Crippen LogP) is -1.35. The van der Waals surface area contributed by atoms with Gasteiger partial charge in [-0.2, -0.15) is 0 Å². The maximum Gasteiger partial charge on any atom is 0.328 e. The molecule has 2 atom stereocenters. The quantitative estimate of drug-likeness (QED) is 0.571. The minimum Gasteiger partial charge on any atom is -0.467 e. The maximum atomic E-state index is 11.5. The molecule has 86 valence electrons. The summed E-state index contributed by atoms with van der Waals surface area (Å²) >= 11 is 0. The number of carbonyl (C=O) groups is 2. The summed E-state index contributed by atoms with van der Waals surface area (Å²) in [5.41, 5.74) is 0. The molecule has 2 N–H and O–H groups in total. The molecule has 0 aromatic heterocycles. The van der Waals surface area contributed by atoms with E-state index in [1.807, 2.05) is 0 Å². The van der Waals surface area contributed by atoms with Crippen molar-refractivity contribution in [1.82, 2.24) is 10.6 Å². The first-order valence-corrected chi connectivity index (χ1v) is 4.85. The van der Waals surface area contributed by atoms with Crippen LogP contribution in [0.5, 0.6) is 0 Å². The molecule has 0 aromatic rings. The van der Waals surface area contributed by atoms with Crippen LogP contribution < -0.4 is 10.6 Å². The van der Waals surface area contributed by atoms with Gasteiger partial charge in [-0.25, -0.2) is 4.79 Å². The minimum atomic E-state index is -0.645.